The van der Waals surface area contributed by atoms with E-state index in [1.165, 1.54) is 5.56 Å². The molecule has 4 aromatic rings. The van der Waals surface area contributed by atoms with Crippen LogP contribution in [0.1, 0.15) is 16.1 Å². The van der Waals surface area contributed by atoms with Crippen LogP contribution in [-0.2, 0) is 20.5 Å². The second kappa shape index (κ2) is 8.10. The van der Waals surface area contributed by atoms with Crippen molar-refractivity contribution in [1.29, 1.82) is 0 Å². The number of hydrogen-bond donors (Lipinski definition) is 1. The lowest BCUT2D eigenvalue weighted by atomic mass is 10.1. The molecule has 4 rings (SSSR count). The molecule has 1 aromatic carbocycles. The average Bonchev–Trinajstić information content (AvgIpc) is 3.34. The summed E-state index contributed by atoms with van der Waals surface area (Å²) in [6, 6.07) is 13.8. The summed E-state index contributed by atoms with van der Waals surface area (Å²) in [6.07, 6.45) is 7.96. The summed E-state index contributed by atoms with van der Waals surface area (Å²) in [7, 11) is 3.72. The molecule has 0 aliphatic rings. The molecule has 0 bridgehead atoms. The van der Waals surface area contributed by atoms with Gasteiger partial charge in [0.2, 0.25) is 0 Å². The van der Waals surface area contributed by atoms with Crippen molar-refractivity contribution in [3.8, 4) is 22.6 Å². The smallest absolute Gasteiger partial charge is 0.267 e. The molecule has 3 heterocycles. The maximum atomic E-state index is 12.6. The Balaban J connectivity index is 1.44. The quantitative estimate of drug-likeness (QED) is 0.553. The summed E-state index contributed by atoms with van der Waals surface area (Å²) in [5.41, 5.74) is 4.41. The fourth-order valence-corrected chi connectivity index (χ4v) is 3.21. The van der Waals surface area contributed by atoms with Gasteiger partial charge in [0.15, 0.2) is 5.82 Å². The third kappa shape index (κ3) is 4.08. The van der Waals surface area contributed by atoms with Crippen LogP contribution in [0.3, 0.4) is 0 Å². The van der Waals surface area contributed by atoms with E-state index in [1.54, 1.807) is 23.3 Å². The fraction of sp³-hybridized carbons (Fsp3) is 0.182. The molecule has 7 nitrogen and oxygen atoms in total. The van der Waals surface area contributed by atoms with Crippen LogP contribution in [0.4, 0.5) is 0 Å². The van der Waals surface area contributed by atoms with Gasteiger partial charge in [0.25, 0.3) is 5.91 Å². The Hall–Kier alpha value is -3.74. The standard InChI is InChI=1S/C22H22N6O/c1-27-15-17(18-13-24-21(25-14-18)19-9-11-26-28(19)2)12-20(27)22(29)23-10-8-16-6-4-3-5-7-16/h3-7,9,11-15H,8,10H2,1-2H3,(H,23,29). The van der Waals surface area contributed by atoms with Gasteiger partial charge in [-0.15, -0.1) is 0 Å². The first-order chi connectivity index (χ1) is 14.1. The zero-order chi connectivity index (χ0) is 20.2. The SMILES string of the molecule is Cn1cc(-c2cnc(-c3ccnn3C)nc2)cc1C(=O)NCCc1ccccc1. The molecule has 0 aliphatic heterocycles. The molecule has 1 N–H and O–H groups in total. The van der Waals surface area contributed by atoms with Crippen molar-refractivity contribution in [1.82, 2.24) is 29.6 Å². The van der Waals surface area contributed by atoms with Crippen LogP contribution in [0, 0.1) is 0 Å². The highest BCUT2D eigenvalue weighted by Crippen LogP contribution is 2.22. The molecule has 0 aliphatic carbocycles. The summed E-state index contributed by atoms with van der Waals surface area (Å²) in [4.78, 5) is 21.5. The molecule has 29 heavy (non-hydrogen) atoms. The number of nitrogens with zero attached hydrogens (tertiary/aromatic N) is 5. The number of nitrogens with one attached hydrogen (secondary N) is 1. The van der Waals surface area contributed by atoms with Crippen LogP contribution in [0.2, 0.25) is 0 Å². The lowest BCUT2D eigenvalue weighted by Crippen LogP contribution is -2.27. The van der Waals surface area contributed by atoms with Crippen molar-refractivity contribution in [2.45, 2.75) is 6.42 Å². The first-order valence-electron chi connectivity index (χ1n) is 9.41. The van der Waals surface area contributed by atoms with Crippen molar-refractivity contribution >= 4 is 5.91 Å². The van der Waals surface area contributed by atoms with E-state index in [9.17, 15) is 4.79 Å². The molecule has 0 atom stereocenters. The van der Waals surface area contributed by atoms with E-state index in [-0.39, 0.29) is 5.91 Å². The average molecular weight is 386 g/mol. The maximum Gasteiger partial charge on any atom is 0.267 e. The van der Waals surface area contributed by atoms with Gasteiger partial charge in [-0.1, -0.05) is 30.3 Å². The molecule has 1 amide bonds. The van der Waals surface area contributed by atoms with Crippen molar-refractivity contribution in [2.75, 3.05) is 6.54 Å². The summed E-state index contributed by atoms with van der Waals surface area (Å²) in [5.74, 6) is 0.519. The van der Waals surface area contributed by atoms with Gasteiger partial charge in [0, 0.05) is 56.6 Å². The monoisotopic (exact) mass is 386 g/mol. The minimum atomic E-state index is -0.0953. The van der Waals surface area contributed by atoms with E-state index in [1.807, 2.05) is 55.2 Å². The number of benzene rings is 1. The Labute approximate surface area is 169 Å². The van der Waals surface area contributed by atoms with E-state index in [0.717, 1.165) is 23.2 Å². The Kier molecular flexibility index (Phi) is 5.20. The van der Waals surface area contributed by atoms with Gasteiger partial charge < -0.3 is 9.88 Å². The molecule has 7 heteroatoms. The maximum absolute atomic E-state index is 12.6. The Morgan fingerprint density at radius 1 is 1.03 bits per heavy atom. The van der Waals surface area contributed by atoms with E-state index in [2.05, 4.69) is 32.5 Å². The number of carbonyl (C=O) groups excluding carboxylic acids is 1. The number of aryl methyl sites for hydroxylation is 2. The lowest BCUT2D eigenvalue weighted by molar-refractivity contribution is 0.0946. The molecular weight excluding hydrogens is 364 g/mol. The number of carbonyl (C=O) groups is 1. The molecule has 3 aromatic heterocycles. The molecule has 0 unspecified atom stereocenters. The second-order valence-electron chi connectivity index (χ2n) is 6.85. The minimum Gasteiger partial charge on any atom is -0.350 e. The van der Waals surface area contributed by atoms with Gasteiger partial charge in [-0.25, -0.2) is 9.97 Å². The fourth-order valence-electron chi connectivity index (χ4n) is 3.21. The third-order valence-corrected chi connectivity index (χ3v) is 4.81. The predicted octanol–water partition coefficient (Wildman–Crippen LogP) is 2.86. The van der Waals surface area contributed by atoms with Gasteiger partial charge in [0.1, 0.15) is 11.4 Å². The number of hydrogen-bond acceptors (Lipinski definition) is 4. The summed E-state index contributed by atoms with van der Waals surface area (Å²) in [5, 5.41) is 7.13. The summed E-state index contributed by atoms with van der Waals surface area (Å²) in [6.45, 7) is 0.589. The molecule has 0 saturated heterocycles. The topological polar surface area (TPSA) is 77.6 Å². The highest BCUT2D eigenvalue weighted by Gasteiger charge is 2.13. The Morgan fingerprint density at radius 2 is 1.79 bits per heavy atom. The molecule has 0 radical (unpaired) electrons. The van der Waals surface area contributed by atoms with E-state index >= 15 is 0 Å². The van der Waals surface area contributed by atoms with Crippen LogP contribution in [0.25, 0.3) is 22.6 Å². The van der Waals surface area contributed by atoms with E-state index in [4.69, 9.17) is 0 Å². The van der Waals surface area contributed by atoms with Gasteiger partial charge in [-0.2, -0.15) is 5.10 Å². The van der Waals surface area contributed by atoms with Crippen LogP contribution in [-0.4, -0.2) is 36.8 Å². The number of aromatic nitrogens is 5. The molecule has 0 saturated carbocycles. The zero-order valence-electron chi connectivity index (χ0n) is 16.4. The summed E-state index contributed by atoms with van der Waals surface area (Å²) < 4.78 is 3.55. The second-order valence-corrected chi connectivity index (χ2v) is 6.85. The third-order valence-electron chi connectivity index (χ3n) is 4.81. The minimum absolute atomic E-state index is 0.0953. The highest BCUT2D eigenvalue weighted by atomic mass is 16.1. The van der Waals surface area contributed by atoms with Crippen molar-refractivity contribution in [3.05, 3.63) is 78.5 Å². The van der Waals surface area contributed by atoms with Crippen LogP contribution in [0.15, 0.2) is 67.3 Å². The normalized spacial score (nSPS) is 10.8. The first-order valence-corrected chi connectivity index (χ1v) is 9.41. The van der Waals surface area contributed by atoms with Crippen LogP contribution in [0.5, 0.6) is 0 Å². The lowest BCUT2D eigenvalue weighted by Gasteiger charge is -2.06. The molecule has 0 fully saturated rings. The zero-order valence-corrected chi connectivity index (χ0v) is 16.4. The number of rotatable bonds is 6. The van der Waals surface area contributed by atoms with E-state index in [0.29, 0.717) is 18.1 Å². The van der Waals surface area contributed by atoms with Crippen molar-refractivity contribution < 1.29 is 4.79 Å². The molecular formula is C22H22N6O. The van der Waals surface area contributed by atoms with Crippen LogP contribution >= 0.6 is 0 Å². The molecule has 0 spiro atoms. The van der Waals surface area contributed by atoms with Gasteiger partial charge in [-0.05, 0) is 24.1 Å². The van der Waals surface area contributed by atoms with E-state index < -0.39 is 0 Å². The predicted molar refractivity (Wildman–Crippen MR) is 111 cm³/mol. The molecule has 146 valence electrons. The Bertz CT molecular complexity index is 1110. The Morgan fingerprint density at radius 3 is 2.48 bits per heavy atom. The van der Waals surface area contributed by atoms with Gasteiger partial charge in [0.05, 0.1) is 0 Å². The first kappa shape index (κ1) is 18.6. The van der Waals surface area contributed by atoms with Gasteiger partial charge >= 0.3 is 0 Å². The highest BCUT2D eigenvalue weighted by molar-refractivity contribution is 5.94. The van der Waals surface area contributed by atoms with Gasteiger partial charge in [-0.3, -0.25) is 9.48 Å². The largest absolute Gasteiger partial charge is 0.350 e. The number of amides is 1. The summed E-state index contributed by atoms with van der Waals surface area (Å²) >= 11 is 0. The van der Waals surface area contributed by atoms with Crippen LogP contribution < -0.4 is 5.32 Å². The van der Waals surface area contributed by atoms with Crippen molar-refractivity contribution in [2.24, 2.45) is 14.1 Å². The van der Waals surface area contributed by atoms with Crippen molar-refractivity contribution in [3.63, 3.8) is 0 Å².